The molecule has 5 nitrogen and oxygen atoms in total. The Morgan fingerprint density at radius 1 is 1.30 bits per heavy atom. The first-order valence-corrected chi connectivity index (χ1v) is 9.74. The fraction of sp³-hybridized carbons (Fsp3) is 0.350. The van der Waals surface area contributed by atoms with Crippen LogP contribution in [0.25, 0.3) is 10.9 Å². The number of benzene rings is 1. The van der Waals surface area contributed by atoms with Crippen molar-refractivity contribution in [3.05, 3.63) is 62.2 Å². The van der Waals surface area contributed by atoms with E-state index in [1.807, 2.05) is 18.2 Å². The summed E-state index contributed by atoms with van der Waals surface area (Å²) < 4.78 is 1.57. The fourth-order valence-electron chi connectivity index (χ4n) is 3.36. The Bertz CT molecular complexity index is 1080. The summed E-state index contributed by atoms with van der Waals surface area (Å²) in [6.07, 6.45) is 4.73. The molecule has 1 aliphatic rings. The third-order valence-electron chi connectivity index (χ3n) is 5.19. The molecule has 3 aromatic rings. The highest BCUT2D eigenvalue weighted by molar-refractivity contribution is 6.41. The molecule has 140 valence electrons. The third-order valence-corrected chi connectivity index (χ3v) is 5.99. The molecule has 2 heterocycles. The number of hydrogen-bond acceptors (Lipinski definition) is 4. The quantitative estimate of drug-likeness (QED) is 0.640. The van der Waals surface area contributed by atoms with Gasteiger partial charge in [-0.3, -0.25) is 4.57 Å². The first kappa shape index (κ1) is 18.3. The van der Waals surface area contributed by atoms with Crippen LogP contribution >= 0.6 is 23.2 Å². The van der Waals surface area contributed by atoms with Crippen molar-refractivity contribution in [1.29, 1.82) is 0 Å². The summed E-state index contributed by atoms with van der Waals surface area (Å²) in [5.74, 6) is 1.31. The average molecular weight is 403 g/mol. The van der Waals surface area contributed by atoms with E-state index in [2.05, 4.69) is 28.3 Å². The summed E-state index contributed by atoms with van der Waals surface area (Å²) >= 11 is 12.3. The van der Waals surface area contributed by atoms with Crippen LogP contribution in [0.4, 0.5) is 5.82 Å². The Morgan fingerprint density at radius 3 is 2.81 bits per heavy atom. The van der Waals surface area contributed by atoms with E-state index in [1.165, 1.54) is 12.8 Å². The molecule has 0 spiro atoms. The smallest absolute Gasteiger partial charge is 0.349 e. The van der Waals surface area contributed by atoms with E-state index in [9.17, 15) is 4.79 Å². The van der Waals surface area contributed by atoms with E-state index >= 15 is 0 Å². The highest BCUT2D eigenvalue weighted by Crippen LogP contribution is 2.35. The third kappa shape index (κ3) is 3.66. The van der Waals surface area contributed by atoms with Crippen LogP contribution in [0.1, 0.15) is 30.9 Å². The zero-order valence-electron chi connectivity index (χ0n) is 15.2. The summed E-state index contributed by atoms with van der Waals surface area (Å²) in [7, 11) is 1.74. The van der Waals surface area contributed by atoms with Crippen LogP contribution in [-0.4, -0.2) is 20.6 Å². The number of hydrogen-bond donors (Lipinski definition) is 1. The topological polar surface area (TPSA) is 59.8 Å². The number of halogens is 2. The zero-order valence-corrected chi connectivity index (χ0v) is 16.7. The van der Waals surface area contributed by atoms with E-state index < -0.39 is 0 Å². The van der Waals surface area contributed by atoms with Crippen molar-refractivity contribution in [2.45, 2.75) is 32.2 Å². The largest absolute Gasteiger partial charge is 0.367 e. The second-order valence-electron chi connectivity index (χ2n) is 7.18. The highest BCUT2D eigenvalue weighted by Gasteiger charge is 2.28. The number of anilines is 1. The van der Waals surface area contributed by atoms with Crippen LogP contribution in [0.5, 0.6) is 0 Å². The molecular formula is C20H20Cl2N4O. The zero-order chi connectivity index (χ0) is 19.1. The van der Waals surface area contributed by atoms with Crippen molar-refractivity contribution in [2.24, 2.45) is 13.0 Å². The Labute approximate surface area is 167 Å². The van der Waals surface area contributed by atoms with Crippen molar-refractivity contribution in [2.75, 3.05) is 5.32 Å². The lowest BCUT2D eigenvalue weighted by Gasteiger charge is -2.17. The second kappa shape index (κ2) is 7.13. The summed E-state index contributed by atoms with van der Waals surface area (Å²) in [4.78, 5) is 20.5. The Balaban J connectivity index is 1.76. The van der Waals surface area contributed by atoms with E-state index in [0.29, 0.717) is 34.4 Å². The van der Waals surface area contributed by atoms with Crippen LogP contribution in [0.3, 0.4) is 0 Å². The molecule has 1 atom stereocenters. The van der Waals surface area contributed by atoms with Crippen molar-refractivity contribution in [1.82, 2.24) is 14.5 Å². The van der Waals surface area contributed by atoms with Gasteiger partial charge in [-0.2, -0.15) is 4.98 Å². The minimum atomic E-state index is -0.260. The summed E-state index contributed by atoms with van der Waals surface area (Å²) in [5, 5.41) is 5.15. The molecule has 0 aliphatic heterocycles. The molecule has 0 bridgehead atoms. The van der Waals surface area contributed by atoms with E-state index in [4.69, 9.17) is 23.2 Å². The number of nitrogens with zero attached hydrogens (tertiary/aromatic N) is 3. The van der Waals surface area contributed by atoms with Crippen LogP contribution in [-0.2, 0) is 13.5 Å². The van der Waals surface area contributed by atoms with Gasteiger partial charge in [0.1, 0.15) is 11.0 Å². The molecule has 1 N–H and O–H groups in total. The summed E-state index contributed by atoms with van der Waals surface area (Å²) in [6.45, 7) is 2.14. The second-order valence-corrected chi connectivity index (χ2v) is 7.91. The predicted octanol–water partition coefficient (Wildman–Crippen LogP) is 4.44. The maximum absolute atomic E-state index is 12.3. The SMILES string of the molecule is C[C@@H](Nc1nc(=O)n(C)c2ccc(Cc3ccnc(Cl)c3Cl)cc12)C1CC1. The van der Waals surface area contributed by atoms with Crippen LogP contribution in [0, 0.1) is 5.92 Å². The molecule has 4 rings (SSSR count). The van der Waals surface area contributed by atoms with Crippen molar-refractivity contribution in [3.8, 4) is 0 Å². The van der Waals surface area contributed by atoms with Gasteiger partial charge in [-0.1, -0.05) is 29.3 Å². The van der Waals surface area contributed by atoms with Gasteiger partial charge in [0.05, 0.1) is 10.5 Å². The standard InChI is InChI=1S/C20H20Cl2N4O/c1-11(13-4-5-13)24-19-15-10-12(3-6-16(15)26(2)20(27)25-19)9-14-7-8-23-18(22)17(14)21/h3,6-8,10-11,13H,4-5,9H2,1-2H3,(H,24,25,27)/t11-/m1/s1. The summed E-state index contributed by atoms with van der Waals surface area (Å²) in [5.41, 5.74) is 2.57. The van der Waals surface area contributed by atoms with Crippen molar-refractivity contribution >= 4 is 39.9 Å². The van der Waals surface area contributed by atoms with Gasteiger partial charge in [0, 0.05) is 24.7 Å². The van der Waals surface area contributed by atoms with E-state index in [-0.39, 0.29) is 5.69 Å². The maximum Gasteiger partial charge on any atom is 0.349 e. The molecule has 0 radical (unpaired) electrons. The van der Waals surface area contributed by atoms with Gasteiger partial charge in [0.15, 0.2) is 0 Å². The van der Waals surface area contributed by atoms with E-state index in [1.54, 1.807) is 17.8 Å². The number of rotatable bonds is 5. The highest BCUT2D eigenvalue weighted by atomic mass is 35.5. The monoisotopic (exact) mass is 402 g/mol. The molecule has 27 heavy (non-hydrogen) atoms. The van der Waals surface area contributed by atoms with Crippen LogP contribution in [0.15, 0.2) is 35.3 Å². The van der Waals surface area contributed by atoms with Crippen LogP contribution < -0.4 is 11.0 Å². The predicted molar refractivity (Wildman–Crippen MR) is 110 cm³/mol. The molecule has 0 unspecified atom stereocenters. The molecule has 2 aromatic heterocycles. The van der Waals surface area contributed by atoms with Gasteiger partial charge in [-0.25, -0.2) is 9.78 Å². The molecule has 0 amide bonds. The number of aromatic nitrogens is 3. The number of pyridine rings is 1. The van der Waals surface area contributed by atoms with Gasteiger partial charge in [-0.05, 0) is 61.4 Å². The van der Waals surface area contributed by atoms with Crippen molar-refractivity contribution in [3.63, 3.8) is 0 Å². The van der Waals surface area contributed by atoms with Gasteiger partial charge < -0.3 is 5.32 Å². The minimum Gasteiger partial charge on any atom is -0.367 e. The number of fused-ring (bicyclic) bond motifs is 1. The lowest BCUT2D eigenvalue weighted by Crippen LogP contribution is -2.25. The molecule has 1 aliphatic carbocycles. The number of nitrogens with one attached hydrogen (secondary N) is 1. The van der Waals surface area contributed by atoms with Gasteiger partial charge in [0.2, 0.25) is 0 Å². The average Bonchev–Trinajstić information content (AvgIpc) is 3.48. The van der Waals surface area contributed by atoms with Crippen LogP contribution in [0.2, 0.25) is 10.2 Å². The van der Waals surface area contributed by atoms with E-state index in [0.717, 1.165) is 22.0 Å². The molecule has 1 saturated carbocycles. The lowest BCUT2D eigenvalue weighted by atomic mass is 10.0. The molecule has 7 heteroatoms. The molecular weight excluding hydrogens is 383 g/mol. The van der Waals surface area contributed by atoms with Gasteiger partial charge >= 0.3 is 5.69 Å². The maximum atomic E-state index is 12.3. The lowest BCUT2D eigenvalue weighted by molar-refractivity contribution is 0.689. The Kier molecular flexibility index (Phi) is 4.82. The molecule has 1 aromatic carbocycles. The molecule has 1 fully saturated rings. The minimum absolute atomic E-state index is 0.260. The van der Waals surface area contributed by atoms with Gasteiger partial charge in [-0.15, -0.1) is 0 Å². The Hall–Kier alpha value is -2.11. The first-order chi connectivity index (χ1) is 12.9. The number of aryl methyl sites for hydroxylation is 1. The first-order valence-electron chi connectivity index (χ1n) is 8.99. The van der Waals surface area contributed by atoms with Gasteiger partial charge in [0.25, 0.3) is 0 Å². The van der Waals surface area contributed by atoms with Crippen molar-refractivity contribution < 1.29 is 0 Å². The summed E-state index contributed by atoms with van der Waals surface area (Å²) in [6, 6.07) is 8.18. The Morgan fingerprint density at radius 2 is 2.07 bits per heavy atom. The normalized spacial score (nSPS) is 15.1. The fourth-order valence-corrected chi connectivity index (χ4v) is 3.72. The molecule has 0 saturated heterocycles.